The van der Waals surface area contributed by atoms with Crippen LogP contribution in [0.25, 0.3) is 0 Å². The summed E-state index contributed by atoms with van der Waals surface area (Å²) >= 11 is 0. The van der Waals surface area contributed by atoms with Crippen molar-refractivity contribution in [2.24, 2.45) is 0 Å². The van der Waals surface area contributed by atoms with Gasteiger partial charge in [-0.1, -0.05) is 0 Å². The van der Waals surface area contributed by atoms with Gasteiger partial charge in [0, 0.05) is 19.1 Å². The van der Waals surface area contributed by atoms with Gasteiger partial charge in [-0.05, 0) is 45.4 Å². The molecule has 0 aliphatic carbocycles. The van der Waals surface area contributed by atoms with Crippen molar-refractivity contribution >= 4 is 11.8 Å². The first-order chi connectivity index (χ1) is 9.16. The van der Waals surface area contributed by atoms with Crippen LogP contribution in [0.5, 0.6) is 0 Å². The Morgan fingerprint density at radius 2 is 1.89 bits per heavy atom. The minimum absolute atomic E-state index is 0.0306. The van der Waals surface area contributed by atoms with Crippen LogP contribution in [0.15, 0.2) is 0 Å². The van der Waals surface area contributed by atoms with Crippen molar-refractivity contribution < 1.29 is 9.59 Å². The predicted molar refractivity (Wildman–Crippen MR) is 73.7 cm³/mol. The molecule has 2 fully saturated rings. The number of nitrogens with zero attached hydrogens (tertiary/aromatic N) is 1. The van der Waals surface area contributed by atoms with Gasteiger partial charge >= 0.3 is 0 Å². The molecule has 2 amide bonds. The summed E-state index contributed by atoms with van der Waals surface area (Å²) in [5, 5.41) is 6.06. The average molecular weight is 267 g/mol. The van der Waals surface area contributed by atoms with Crippen LogP contribution in [0.4, 0.5) is 0 Å². The van der Waals surface area contributed by atoms with Crippen LogP contribution in [-0.2, 0) is 9.59 Å². The van der Waals surface area contributed by atoms with Gasteiger partial charge in [0.05, 0.1) is 12.6 Å². The first-order valence-corrected chi connectivity index (χ1v) is 7.48. The highest BCUT2D eigenvalue weighted by molar-refractivity contribution is 5.87. The number of likely N-dealkylation sites (tertiary alicyclic amines) is 1. The molecular formula is C14H25N3O2. The predicted octanol–water partition coefficient (Wildman–Crippen LogP) is 0.646. The molecule has 108 valence electrons. The molecule has 2 heterocycles. The van der Waals surface area contributed by atoms with Crippen molar-refractivity contribution in [1.82, 2.24) is 15.5 Å². The normalized spacial score (nSPS) is 27.9. The summed E-state index contributed by atoms with van der Waals surface area (Å²) in [6.45, 7) is 3.92. The van der Waals surface area contributed by atoms with Crippen LogP contribution < -0.4 is 10.6 Å². The summed E-state index contributed by atoms with van der Waals surface area (Å²) in [6, 6.07) is 0.264. The maximum atomic E-state index is 12.0. The van der Waals surface area contributed by atoms with Crippen LogP contribution >= 0.6 is 0 Å². The SMILES string of the molecule is CC1CCCC(C(=O)NCC(=O)N2CCCCC2)N1. The molecule has 2 N–H and O–H groups in total. The third-order valence-electron chi connectivity index (χ3n) is 4.05. The molecule has 2 aliphatic heterocycles. The first kappa shape index (κ1) is 14.3. The van der Waals surface area contributed by atoms with Crippen molar-refractivity contribution in [3.8, 4) is 0 Å². The van der Waals surface area contributed by atoms with Gasteiger partial charge in [0.25, 0.3) is 0 Å². The summed E-state index contributed by atoms with van der Waals surface area (Å²) in [5.41, 5.74) is 0. The van der Waals surface area contributed by atoms with Crippen molar-refractivity contribution in [1.29, 1.82) is 0 Å². The van der Waals surface area contributed by atoms with Crippen molar-refractivity contribution in [3.05, 3.63) is 0 Å². The molecule has 0 aromatic carbocycles. The van der Waals surface area contributed by atoms with Gasteiger partial charge in [-0.25, -0.2) is 0 Å². The van der Waals surface area contributed by atoms with Crippen molar-refractivity contribution in [2.75, 3.05) is 19.6 Å². The Morgan fingerprint density at radius 3 is 2.58 bits per heavy atom. The molecule has 0 aromatic heterocycles. The lowest BCUT2D eigenvalue weighted by atomic mass is 9.99. The summed E-state index contributed by atoms with van der Waals surface area (Å²) < 4.78 is 0. The van der Waals surface area contributed by atoms with Gasteiger partial charge < -0.3 is 15.5 Å². The lowest BCUT2D eigenvalue weighted by Gasteiger charge is -2.29. The molecule has 0 saturated carbocycles. The Bertz CT molecular complexity index is 327. The number of nitrogens with one attached hydrogen (secondary N) is 2. The van der Waals surface area contributed by atoms with Gasteiger partial charge in [-0.15, -0.1) is 0 Å². The first-order valence-electron chi connectivity index (χ1n) is 7.48. The van der Waals surface area contributed by atoms with Crippen molar-refractivity contribution in [3.63, 3.8) is 0 Å². The Morgan fingerprint density at radius 1 is 1.16 bits per heavy atom. The highest BCUT2D eigenvalue weighted by Gasteiger charge is 2.25. The van der Waals surface area contributed by atoms with E-state index in [1.807, 2.05) is 4.90 Å². The highest BCUT2D eigenvalue weighted by Crippen LogP contribution is 2.12. The number of piperidine rings is 2. The third-order valence-corrected chi connectivity index (χ3v) is 4.05. The number of amides is 2. The fourth-order valence-electron chi connectivity index (χ4n) is 2.89. The molecule has 0 spiro atoms. The smallest absolute Gasteiger partial charge is 0.241 e. The third kappa shape index (κ3) is 4.20. The summed E-state index contributed by atoms with van der Waals surface area (Å²) in [7, 11) is 0. The molecule has 2 atom stereocenters. The van der Waals surface area contributed by atoms with Gasteiger partial charge in [-0.2, -0.15) is 0 Å². The molecule has 0 bridgehead atoms. The zero-order valence-electron chi connectivity index (χ0n) is 11.8. The van der Waals surface area contributed by atoms with E-state index in [9.17, 15) is 9.59 Å². The molecule has 2 unspecified atom stereocenters. The zero-order chi connectivity index (χ0) is 13.7. The van der Waals surface area contributed by atoms with Gasteiger partial charge in [-0.3, -0.25) is 9.59 Å². The van der Waals surface area contributed by atoms with E-state index in [1.54, 1.807) is 0 Å². The van der Waals surface area contributed by atoms with E-state index in [2.05, 4.69) is 17.6 Å². The molecule has 19 heavy (non-hydrogen) atoms. The fraction of sp³-hybridized carbons (Fsp3) is 0.857. The Kier molecular flexibility index (Phi) is 5.19. The molecule has 5 nitrogen and oxygen atoms in total. The standard InChI is InChI=1S/C14H25N3O2/c1-11-6-5-7-12(16-11)14(19)15-10-13(18)17-8-3-2-4-9-17/h11-12,16H,2-10H2,1H3,(H,15,19). The minimum Gasteiger partial charge on any atom is -0.346 e. The quantitative estimate of drug-likeness (QED) is 0.789. The summed E-state index contributed by atoms with van der Waals surface area (Å²) in [4.78, 5) is 25.8. The Labute approximate surface area is 115 Å². The maximum Gasteiger partial charge on any atom is 0.241 e. The number of hydrogen-bond acceptors (Lipinski definition) is 3. The fourth-order valence-corrected chi connectivity index (χ4v) is 2.89. The molecular weight excluding hydrogens is 242 g/mol. The van der Waals surface area contributed by atoms with E-state index in [1.165, 1.54) is 6.42 Å². The maximum absolute atomic E-state index is 12.0. The van der Waals surface area contributed by atoms with Crippen LogP contribution in [-0.4, -0.2) is 48.4 Å². The van der Waals surface area contributed by atoms with Gasteiger partial charge in [0.1, 0.15) is 0 Å². The van der Waals surface area contributed by atoms with Gasteiger partial charge in [0.15, 0.2) is 0 Å². The number of rotatable bonds is 3. The van der Waals surface area contributed by atoms with Crippen LogP contribution in [0, 0.1) is 0 Å². The van der Waals surface area contributed by atoms with E-state index >= 15 is 0 Å². The largest absolute Gasteiger partial charge is 0.346 e. The lowest BCUT2D eigenvalue weighted by molar-refractivity contribution is -0.134. The van der Waals surface area contributed by atoms with Gasteiger partial charge in [0.2, 0.25) is 11.8 Å². The van der Waals surface area contributed by atoms with Crippen LogP contribution in [0.1, 0.15) is 45.4 Å². The number of carbonyl (C=O) groups is 2. The van der Waals surface area contributed by atoms with Crippen LogP contribution in [0.2, 0.25) is 0 Å². The number of hydrogen-bond donors (Lipinski definition) is 2. The Balaban J connectivity index is 1.71. The van der Waals surface area contributed by atoms with Crippen LogP contribution in [0.3, 0.4) is 0 Å². The van der Waals surface area contributed by atoms with E-state index in [4.69, 9.17) is 0 Å². The van der Waals surface area contributed by atoms with Crippen molar-refractivity contribution in [2.45, 2.75) is 57.5 Å². The second-order valence-corrected chi connectivity index (χ2v) is 5.71. The molecule has 2 saturated heterocycles. The summed E-state index contributed by atoms with van der Waals surface area (Å²) in [6.07, 6.45) is 6.44. The van der Waals surface area contributed by atoms with E-state index in [-0.39, 0.29) is 24.4 Å². The van der Waals surface area contributed by atoms with E-state index in [0.717, 1.165) is 45.2 Å². The molecule has 2 aliphatic rings. The molecule has 2 rings (SSSR count). The molecule has 0 radical (unpaired) electrons. The topological polar surface area (TPSA) is 61.4 Å². The highest BCUT2D eigenvalue weighted by atomic mass is 16.2. The monoisotopic (exact) mass is 267 g/mol. The van der Waals surface area contributed by atoms with E-state index < -0.39 is 0 Å². The molecule has 5 heteroatoms. The second kappa shape index (κ2) is 6.89. The summed E-state index contributed by atoms with van der Waals surface area (Å²) in [5.74, 6) is 0.0221. The van der Waals surface area contributed by atoms with E-state index in [0.29, 0.717) is 6.04 Å². The minimum atomic E-state index is -0.127. The molecule has 0 aromatic rings. The lowest BCUT2D eigenvalue weighted by Crippen LogP contribution is -2.52. The average Bonchev–Trinajstić information content (AvgIpc) is 2.45. The zero-order valence-corrected chi connectivity index (χ0v) is 11.8. The number of carbonyl (C=O) groups excluding carboxylic acids is 2. The Hall–Kier alpha value is -1.10. The second-order valence-electron chi connectivity index (χ2n) is 5.71.